The largest absolute Gasteiger partial charge is 0.496 e. The summed E-state index contributed by atoms with van der Waals surface area (Å²) >= 11 is 0. The highest BCUT2D eigenvalue weighted by molar-refractivity contribution is 5.77. The van der Waals surface area contributed by atoms with Gasteiger partial charge in [0.1, 0.15) is 5.75 Å². The molecule has 0 aliphatic heterocycles. The summed E-state index contributed by atoms with van der Waals surface area (Å²) in [6, 6.07) is 7.48. The number of amides is 1. The molecule has 3 N–H and O–H groups in total. The van der Waals surface area contributed by atoms with E-state index in [-0.39, 0.29) is 23.4 Å². The zero-order valence-corrected chi connectivity index (χ0v) is 13.8. The number of nitrogens with two attached hydrogens (primary N) is 1. The SMILES string of the molecule is COc1ccccc1[C@@H](C)NC(=O)CC(N)CC(C)(C)C. The van der Waals surface area contributed by atoms with Gasteiger partial charge in [0.15, 0.2) is 0 Å². The van der Waals surface area contributed by atoms with E-state index in [2.05, 4.69) is 26.1 Å². The minimum Gasteiger partial charge on any atom is -0.496 e. The molecule has 1 rings (SSSR count). The number of rotatable bonds is 6. The van der Waals surface area contributed by atoms with Crippen LogP contribution in [-0.4, -0.2) is 19.1 Å². The number of hydrogen-bond donors (Lipinski definition) is 2. The van der Waals surface area contributed by atoms with E-state index in [9.17, 15) is 4.79 Å². The second kappa shape index (κ2) is 7.46. The van der Waals surface area contributed by atoms with Gasteiger partial charge in [-0.2, -0.15) is 0 Å². The lowest BCUT2D eigenvalue weighted by atomic mass is 9.87. The van der Waals surface area contributed by atoms with E-state index in [0.717, 1.165) is 17.7 Å². The first-order valence-electron chi connectivity index (χ1n) is 7.41. The maximum absolute atomic E-state index is 12.1. The van der Waals surface area contributed by atoms with Gasteiger partial charge >= 0.3 is 0 Å². The molecule has 0 saturated heterocycles. The van der Waals surface area contributed by atoms with E-state index in [0.29, 0.717) is 6.42 Å². The molecule has 118 valence electrons. The molecule has 0 radical (unpaired) electrons. The van der Waals surface area contributed by atoms with Gasteiger partial charge in [-0.15, -0.1) is 0 Å². The molecule has 0 aliphatic carbocycles. The molecule has 21 heavy (non-hydrogen) atoms. The topological polar surface area (TPSA) is 64.3 Å². The van der Waals surface area contributed by atoms with Crippen molar-refractivity contribution in [3.8, 4) is 5.75 Å². The molecule has 0 spiro atoms. The highest BCUT2D eigenvalue weighted by atomic mass is 16.5. The number of carbonyl (C=O) groups excluding carboxylic acids is 1. The summed E-state index contributed by atoms with van der Waals surface area (Å²) in [5.41, 5.74) is 7.15. The van der Waals surface area contributed by atoms with Crippen LogP contribution < -0.4 is 15.8 Å². The Morgan fingerprint density at radius 1 is 1.33 bits per heavy atom. The molecule has 4 heteroatoms. The first-order valence-corrected chi connectivity index (χ1v) is 7.41. The number of ether oxygens (including phenoxy) is 1. The Bertz CT molecular complexity index is 466. The highest BCUT2D eigenvalue weighted by Crippen LogP contribution is 2.25. The minimum absolute atomic E-state index is 0.0230. The molecule has 4 nitrogen and oxygen atoms in total. The number of nitrogens with one attached hydrogen (secondary N) is 1. The first kappa shape index (κ1) is 17.5. The van der Waals surface area contributed by atoms with Crippen molar-refractivity contribution in [1.82, 2.24) is 5.32 Å². The lowest BCUT2D eigenvalue weighted by molar-refractivity contribution is -0.122. The lowest BCUT2D eigenvalue weighted by Crippen LogP contribution is -2.35. The van der Waals surface area contributed by atoms with E-state index in [1.165, 1.54) is 0 Å². The molecular weight excluding hydrogens is 264 g/mol. The fraction of sp³-hybridized carbons (Fsp3) is 0.588. The van der Waals surface area contributed by atoms with Crippen LogP contribution in [0.2, 0.25) is 0 Å². The van der Waals surface area contributed by atoms with Gasteiger partial charge in [0.05, 0.1) is 13.2 Å². The van der Waals surface area contributed by atoms with Crippen LogP contribution in [0.25, 0.3) is 0 Å². The maximum Gasteiger partial charge on any atom is 0.222 e. The Hall–Kier alpha value is -1.55. The highest BCUT2D eigenvalue weighted by Gasteiger charge is 2.20. The van der Waals surface area contributed by atoms with Crippen LogP contribution in [0.4, 0.5) is 0 Å². The van der Waals surface area contributed by atoms with E-state index in [4.69, 9.17) is 10.5 Å². The quantitative estimate of drug-likeness (QED) is 0.847. The third kappa shape index (κ3) is 6.17. The third-order valence-electron chi connectivity index (χ3n) is 3.31. The minimum atomic E-state index is -0.116. The van der Waals surface area contributed by atoms with Crippen molar-refractivity contribution in [2.24, 2.45) is 11.1 Å². The summed E-state index contributed by atoms with van der Waals surface area (Å²) in [6.07, 6.45) is 1.17. The third-order valence-corrected chi connectivity index (χ3v) is 3.31. The van der Waals surface area contributed by atoms with Crippen molar-refractivity contribution in [2.45, 2.75) is 52.6 Å². The van der Waals surface area contributed by atoms with Crippen LogP contribution in [0, 0.1) is 5.41 Å². The molecule has 1 amide bonds. The van der Waals surface area contributed by atoms with Gasteiger partial charge in [-0.3, -0.25) is 4.79 Å². The Morgan fingerprint density at radius 3 is 2.52 bits per heavy atom. The Labute approximate surface area is 128 Å². The molecule has 0 saturated carbocycles. The van der Waals surface area contributed by atoms with Crippen molar-refractivity contribution >= 4 is 5.91 Å². The number of benzene rings is 1. The molecule has 1 aromatic rings. The van der Waals surface area contributed by atoms with Crippen molar-refractivity contribution in [1.29, 1.82) is 0 Å². The lowest BCUT2D eigenvalue weighted by Gasteiger charge is -2.23. The predicted molar refractivity (Wildman–Crippen MR) is 86.2 cm³/mol. The molecule has 0 aliphatic rings. The zero-order valence-electron chi connectivity index (χ0n) is 13.8. The smallest absolute Gasteiger partial charge is 0.222 e. The van der Waals surface area contributed by atoms with Crippen LogP contribution in [0.1, 0.15) is 52.1 Å². The fourth-order valence-electron chi connectivity index (χ4n) is 2.50. The van der Waals surface area contributed by atoms with Gasteiger partial charge < -0.3 is 15.8 Å². The Balaban J connectivity index is 2.58. The van der Waals surface area contributed by atoms with Crippen molar-refractivity contribution in [3.05, 3.63) is 29.8 Å². The molecule has 0 bridgehead atoms. The van der Waals surface area contributed by atoms with Gasteiger partial charge in [-0.1, -0.05) is 39.0 Å². The fourth-order valence-corrected chi connectivity index (χ4v) is 2.50. The van der Waals surface area contributed by atoms with Gasteiger partial charge in [0, 0.05) is 18.0 Å². The normalized spacial score (nSPS) is 14.4. The average molecular weight is 292 g/mol. The van der Waals surface area contributed by atoms with E-state index < -0.39 is 0 Å². The Morgan fingerprint density at radius 2 is 1.95 bits per heavy atom. The summed E-state index contributed by atoms with van der Waals surface area (Å²) < 4.78 is 5.32. The summed E-state index contributed by atoms with van der Waals surface area (Å²) in [5, 5.41) is 2.99. The molecule has 1 aromatic carbocycles. The van der Waals surface area contributed by atoms with E-state index in [1.54, 1.807) is 7.11 Å². The van der Waals surface area contributed by atoms with Crippen molar-refractivity contribution < 1.29 is 9.53 Å². The number of para-hydroxylation sites is 1. The average Bonchev–Trinajstić information content (AvgIpc) is 2.35. The molecular formula is C17H28N2O2. The number of carbonyl (C=O) groups is 1. The summed E-state index contributed by atoms with van der Waals surface area (Å²) in [6.45, 7) is 8.33. The monoisotopic (exact) mass is 292 g/mol. The van der Waals surface area contributed by atoms with E-state index >= 15 is 0 Å². The zero-order chi connectivity index (χ0) is 16.0. The second-order valence-corrected chi connectivity index (χ2v) is 6.76. The molecule has 0 heterocycles. The molecule has 1 unspecified atom stereocenters. The number of hydrogen-bond acceptors (Lipinski definition) is 3. The van der Waals surface area contributed by atoms with Crippen LogP contribution >= 0.6 is 0 Å². The van der Waals surface area contributed by atoms with Crippen LogP contribution in [0.3, 0.4) is 0 Å². The van der Waals surface area contributed by atoms with Gasteiger partial charge in [0.2, 0.25) is 5.91 Å². The van der Waals surface area contributed by atoms with Gasteiger partial charge in [-0.05, 0) is 24.8 Å². The molecule has 2 atom stereocenters. The summed E-state index contributed by atoms with van der Waals surface area (Å²) in [7, 11) is 1.63. The van der Waals surface area contributed by atoms with Gasteiger partial charge in [0.25, 0.3) is 0 Å². The van der Waals surface area contributed by atoms with Gasteiger partial charge in [-0.25, -0.2) is 0 Å². The van der Waals surface area contributed by atoms with Crippen LogP contribution in [-0.2, 0) is 4.79 Å². The maximum atomic E-state index is 12.1. The van der Waals surface area contributed by atoms with Crippen LogP contribution in [0.15, 0.2) is 24.3 Å². The standard InChI is InChI=1S/C17H28N2O2/c1-12(14-8-6-7-9-15(14)21-5)19-16(20)10-13(18)11-17(2,3)4/h6-9,12-13H,10-11,18H2,1-5H3,(H,19,20)/t12-,13?/m1/s1. The predicted octanol–water partition coefficient (Wildman–Crippen LogP) is 3.03. The number of methoxy groups -OCH3 is 1. The summed E-state index contributed by atoms with van der Waals surface area (Å²) in [4.78, 5) is 12.1. The molecule has 0 aromatic heterocycles. The summed E-state index contributed by atoms with van der Waals surface area (Å²) in [5.74, 6) is 0.759. The Kier molecular flexibility index (Phi) is 6.21. The van der Waals surface area contributed by atoms with Crippen LogP contribution in [0.5, 0.6) is 5.75 Å². The van der Waals surface area contributed by atoms with E-state index in [1.807, 2.05) is 31.2 Å². The van der Waals surface area contributed by atoms with Crippen molar-refractivity contribution in [3.63, 3.8) is 0 Å². The molecule has 0 fully saturated rings. The van der Waals surface area contributed by atoms with Crippen molar-refractivity contribution in [2.75, 3.05) is 7.11 Å². The second-order valence-electron chi connectivity index (χ2n) is 6.76. The first-order chi connectivity index (χ1) is 9.73.